The Bertz CT molecular complexity index is 557. The molecule has 2 amide bonds. The van der Waals surface area contributed by atoms with Crippen LogP contribution >= 0.6 is 0 Å². The Kier molecular flexibility index (Phi) is 3.47. The summed E-state index contributed by atoms with van der Waals surface area (Å²) < 4.78 is 0. The summed E-state index contributed by atoms with van der Waals surface area (Å²) >= 11 is 0. The number of nitrogens with one attached hydrogen (secondary N) is 1. The van der Waals surface area contributed by atoms with Gasteiger partial charge in [0.15, 0.2) is 0 Å². The van der Waals surface area contributed by atoms with E-state index in [1.54, 1.807) is 0 Å². The number of hydrogen-bond acceptors (Lipinski definition) is 2. The van der Waals surface area contributed by atoms with Crippen molar-refractivity contribution in [1.29, 1.82) is 0 Å². The van der Waals surface area contributed by atoms with Gasteiger partial charge in [0.1, 0.15) is 5.54 Å². The molecule has 1 saturated carbocycles. The van der Waals surface area contributed by atoms with Gasteiger partial charge >= 0.3 is 0 Å². The van der Waals surface area contributed by atoms with Crippen molar-refractivity contribution in [3.05, 3.63) is 35.9 Å². The van der Waals surface area contributed by atoms with Gasteiger partial charge in [-0.05, 0) is 30.7 Å². The molecule has 1 saturated heterocycles. The highest BCUT2D eigenvalue weighted by molar-refractivity contribution is 5.94. The van der Waals surface area contributed by atoms with Gasteiger partial charge in [0.25, 0.3) is 5.91 Å². The molecule has 0 radical (unpaired) electrons. The predicted molar refractivity (Wildman–Crippen MR) is 80.4 cm³/mol. The third-order valence-electron chi connectivity index (χ3n) is 4.80. The van der Waals surface area contributed by atoms with Crippen LogP contribution in [-0.2, 0) is 15.1 Å². The predicted octanol–water partition coefficient (Wildman–Crippen LogP) is 1.91. The quantitative estimate of drug-likeness (QED) is 0.922. The summed E-state index contributed by atoms with van der Waals surface area (Å²) in [5, 5.41) is 2.93. The number of rotatable bonds is 3. The average Bonchev–Trinajstić information content (AvgIpc) is 3.19. The van der Waals surface area contributed by atoms with Crippen LogP contribution in [0.5, 0.6) is 0 Å². The highest BCUT2D eigenvalue weighted by Crippen LogP contribution is 2.39. The second-order valence-corrected chi connectivity index (χ2v) is 6.51. The van der Waals surface area contributed by atoms with Gasteiger partial charge in [-0.3, -0.25) is 9.59 Å². The molecule has 1 aliphatic carbocycles. The summed E-state index contributed by atoms with van der Waals surface area (Å²) in [5.74, 6) is 1.26. The highest BCUT2D eigenvalue weighted by Gasteiger charge is 2.44. The molecular weight excluding hydrogens is 264 g/mol. The minimum Gasteiger partial charge on any atom is -0.340 e. The Morgan fingerprint density at radius 2 is 1.95 bits per heavy atom. The maximum Gasteiger partial charge on any atom is 0.252 e. The number of amides is 2. The molecule has 0 bridgehead atoms. The maximum atomic E-state index is 13.0. The second-order valence-electron chi connectivity index (χ2n) is 6.51. The van der Waals surface area contributed by atoms with Crippen molar-refractivity contribution in [1.82, 2.24) is 10.2 Å². The molecule has 3 atom stereocenters. The molecule has 4 nitrogen and oxygen atoms in total. The minimum atomic E-state index is -0.951. The summed E-state index contributed by atoms with van der Waals surface area (Å²) in [7, 11) is 0. The molecule has 1 N–H and O–H groups in total. The minimum absolute atomic E-state index is 0.0126. The molecule has 0 aromatic heterocycles. The number of carbonyl (C=O) groups excluding carboxylic acids is 2. The van der Waals surface area contributed by atoms with Gasteiger partial charge in [-0.25, -0.2) is 0 Å². The molecule has 3 rings (SSSR count). The summed E-state index contributed by atoms with van der Waals surface area (Å²) in [6.45, 7) is 5.33. The van der Waals surface area contributed by atoms with Gasteiger partial charge in [-0.1, -0.05) is 37.3 Å². The molecule has 0 spiro atoms. The van der Waals surface area contributed by atoms with Gasteiger partial charge in [0.2, 0.25) is 5.91 Å². The van der Waals surface area contributed by atoms with E-state index >= 15 is 0 Å². The van der Waals surface area contributed by atoms with Crippen molar-refractivity contribution in [2.45, 2.75) is 32.2 Å². The Balaban J connectivity index is 1.89. The Morgan fingerprint density at radius 3 is 2.57 bits per heavy atom. The normalized spacial score (nSPS) is 32.6. The number of benzene rings is 1. The van der Waals surface area contributed by atoms with Gasteiger partial charge in [0.05, 0.1) is 0 Å². The van der Waals surface area contributed by atoms with Crippen LogP contribution in [0.25, 0.3) is 0 Å². The first-order chi connectivity index (χ1) is 10.0. The Morgan fingerprint density at radius 1 is 1.29 bits per heavy atom. The fourth-order valence-corrected chi connectivity index (χ4v) is 3.13. The van der Waals surface area contributed by atoms with Crippen LogP contribution in [0.4, 0.5) is 0 Å². The zero-order chi connectivity index (χ0) is 15.0. The average molecular weight is 286 g/mol. The Labute approximate surface area is 125 Å². The zero-order valence-corrected chi connectivity index (χ0v) is 12.6. The lowest BCUT2D eigenvalue weighted by molar-refractivity contribution is -0.138. The fourth-order valence-electron chi connectivity index (χ4n) is 3.13. The van der Waals surface area contributed by atoms with E-state index in [0.29, 0.717) is 24.8 Å². The van der Waals surface area contributed by atoms with Crippen molar-refractivity contribution < 1.29 is 9.59 Å². The van der Waals surface area contributed by atoms with Gasteiger partial charge in [0, 0.05) is 19.5 Å². The van der Waals surface area contributed by atoms with E-state index in [9.17, 15) is 9.59 Å². The lowest BCUT2D eigenvalue weighted by atomic mass is 9.90. The van der Waals surface area contributed by atoms with Crippen LogP contribution < -0.4 is 5.32 Å². The first kappa shape index (κ1) is 14.1. The maximum absolute atomic E-state index is 13.0. The third kappa shape index (κ3) is 2.67. The van der Waals surface area contributed by atoms with Gasteiger partial charge in [-0.15, -0.1) is 0 Å². The molecule has 3 unspecified atom stereocenters. The number of carbonyl (C=O) groups is 2. The molecule has 2 fully saturated rings. The van der Waals surface area contributed by atoms with E-state index in [4.69, 9.17) is 0 Å². The van der Waals surface area contributed by atoms with Crippen molar-refractivity contribution in [2.24, 2.45) is 11.8 Å². The fraction of sp³-hybridized carbons (Fsp3) is 0.529. The number of nitrogens with zero attached hydrogens (tertiary/aromatic N) is 1. The largest absolute Gasteiger partial charge is 0.340 e. The van der Waals surface area contributed by atoms with Crippen LogP contribution in [0.15, 0.2) is 30.3 Å². The van der Waals surface area contributed by atoms with Crippen LogP contribution in [0, 0.1) is 11.8 Å². The second kappa shape index (κ2) is 5.17. The first-order valence-electron chi connectivity index (χ1n) is 7.66. The van der Waals surface area contributed by atoms with Crippen molar-refractivity contribution >= 4 is 11.8 Å². The SMILES string of the molecule is CC1CC1CN1CCC(=O)NC(C)(c2ccccc2)C1=O. The summed E-state index contributed by atoms with van der Waals surface area (Å²) in [6, 6.07) is 9.53. The molecule has 1 aromatic carbocycles. The zero-order valence-electron chi connectivity index (χ0n) is 12.6. The smallest absolute Gasteiger partial charge is 0.252 e. The summed E-state index contributed by atoms with van der Waals surface area (Å²) in [4.78, 5) is 26.9. The molecule has 21 heavy (non-hydrogen) atoms. The van der Waals surface area contributed by atoms with Crippen molar-refractivity contribution in [3.63, 3.8) is 0 Å². The van der Waals surface area contributed by atoms with E-state index in [0.717, 1.165) is 12.1 Å². The molecule has 1 aromatic rings. The standard InChI is InChI=1S/C17H22N2O2/c1-12-10-13(12)11-19-9-8-15(20)18-17(2,16(19)21)14-6-4-3-5-7-14/h3-7,12-13H,8-11H2,1-2H3,(H,18,20). The molecule has 2 aliphatic rings. The van der Waals surface area contributed by atoms with Crippen LogP contribution in [0.3, 0.4) is 0 Å². The van der Waals surface area contributed by atoms with Gasteiger partial charge in [-0.2, -0.15) is 0 Å². The Hall–Kier alpha value is -1.84. The lowest BCUT2D eigenvalue weighted by Crippen LogP contribution is -2.52. The first-order valence-corrected chi connectivity index (χ1v) is 7.66. The monoisotopic (exact) mass is 286 g/mol. The van der Waals surface area contributed by atoms with Crippen LogP contribution in [0.2, 0.25) is 0 Å². The molecule has 1 aliphatic heterocycles. The highest BCUT2D eigenvalue weighted by atomic mass is 16.2. The van der Waals surface area contributed by atoms with Crippen LogP contribution in [-0.4, -0.2) is 29.8 Å². The molecule has 4 heteroatoms. The molecular formula is C17H22N2O2. The number of hydrogen-bond donors (Lipinski definition) is 1. The van der Waals surface area contributed by atoms with E-state index in [-0.39, 0.29) is 11.8 Å². The lowest BCUT2D eigenvalue weighted by Gasteiger charge is -2.32. The van der Waals surface area contributed by atoms with Crippen molar-refractivity contribution in [2.75, 3.05) is 13.1 Å². The van der Waals surface area contributed by atoms with Gasteiger partial charge < -0.3 is 10.2 Å². The topological polar surface area (TPSA) is 49.4 Å². The summed E-state index contributed by atoms with van der Waals surface area (Å²) in [5.41, 5.74) is -0.105. The molecule has 1 heterocycles. The van der Waals surface area contributed by atoms with Crippen LogP contribution in [0.1, 0.15) is 32.3 Å². The molecule has 112 valence electrons. The van der Waals surface area contributed by atoms with E-state index in [2.05, 4.69) is 12.2 Å². The van der Waals surface area contributed by atoms with E-state index in [1.165, 1.54) is 6.42 Å². The van der Waals surface area contributed by atoms with Crippen molar-refractivity contribution in [3.8, 4) is 0 Å². The summed E-state index contributed by atoms with van der Waals surface area (Å²) in [6.07, 6.45) is 1.57. The van der Waals surface area contributed by atoms with E-state index < -0.39 is 5.54 Å². The third-order valence-corrected chi connectivity index (χ3v) is 4.80. The van der Waals surface area contributed by atoms with E-state index in [1.807, 2.05) is 42.2 Å².